The van der Waals surface area contributed by atoms with E-state index in [9.17, 15) is 14.4 Å². The van der Waals surface area contributed by atoms with Gasteiger partial charge in [-0.25, -0.2) is 0 Å². The molecule has 2 unspecified atom stereocenters. The van der Waals surface area contributed by atoms with Crippen molar-refractivity contribution in [3.8, 4) is 0 Å². The van der Waals surface area contributed by atoms with Gasteiger partial charge < -0.3 is 0 Å². The maximum atomic E-state index is 14.1. The molecule has 2 aromatic rings. The SMILES string of the molecule is Cc1cc2c3c4c5c(cc(C)c14)C(=O)C1=CCC=C1C5C(=O)C3C1=CCC=C1C2=O. The summed E-state index contributed by atoms with van der Waals surface area (Å²) in [5.74, 6) is -0.703. The Hall–Kier alpha value is -3.33. The van der Waals surface area contributed by atoms with Gasteiger partial charge in [-0.2, -0.15) is 0 Å². The van der Waals surface area contributed by atoms with Gasteiger partial charge in [0, 0.05) is 22.3 Å². The van der Waals surface area contributed by atoms with Crippen LogP contribution in [0, 0.1) is 13.8 Å². The number of ketones is 3. The highest BCUT2D eigenvalue weighted by atomic mass is 16.1. The summed E-state index contributed by atoms with van der Waals surface area (Å²) < 4.78 is 0. The minimum absolute atomic E-state index is 0.0132. The predicted molar refractivity (Wildman–Crippen MR) is 114 cm³/mol. The number of benzene rings is 2. The zero-order valence-corrected chi connectivity index (χ0v) is 16.8. The van der Waals surface area contributed by atoms with E-state index in [1.54, 1.807) is 0 Å². The first-order valence-electron chi connectivity index (χ1n) is 10.5. The largest absolute Gasteiger partial charge is 0.298 e. The van der Waals surface area contributed by atoms with E-state index >= 15 is 0 Å². The lowest BCUT2D eigenvalue weighted by Gasteiger charge is -2.40. The number of hydrogen-bond donors (Lipinski definition) is 0. The van der Waals surface area contributed by atoms with Gasteiger partial charge in [0.25, 0.3) is 0 Å². The molecule has 0 bridgehead atoms. The molecule has 3 nitrogen and oxygen atoms in total. The molecule has 0 fully saturated rings. The molecule has 0 spiro atoms. The molecule has 0 aliphatic heterocycles. The number of Topliss-reactive ketones (excluding diaryl/α,β-unsaturated/α-hetero) is 3. The second-order valence-corrected chi connectivity index (χ2v) is 9.01. The third-order valence-electron chi connectivity index (χ3n) is 7.57. The number of rotatable bonds is 0. The Bertz CT molecular complexity index is 1350. The van der Waals surface area contributed by atoms with E-state index in [0.29, 0.717) is 35.1 Å². The van der Waals surface area contributed by atoms with Gasteiger partial charge in [-0.15, -0.1) is 0 Å². The number of carbonyl (C=O) groups is 3. The highest BCUT2D eigenvalue weighted by Crippen LogP contribution is 2.57. The molecule has 0 radical (unpaired) electrons. The summed E-state index contributed by atoms with van der Waals surface area (Å²) in [7, 11) is 0. The van der Waals surface area contributed by atoms with Gasteiger partial charge >= 0.3 is 0 Å². The molecule has 7 rings (SSSR count). The van der Waals surface area contributed by atoms with Crippen LogP contribution in [0.4, 0.5) is 0 Å². The van der Waals surface area contributed by atoms with E-state index in [-0.39, 0.29) is 17.3 Å². The third kappa shape index (κ3) is 1.61. The van der Waals surface area contributed by atoms with E-state index < -0.39 is 11.8 Å². The van der Waals surface area contributed by atoms with Crippen LogP contribution in [-0.2, 0) is 4.79 Å². The Labute approximate surface area is 173 Å². The molecule has 5 aliphatic carbocycles. The number of carbonyl (C=O) groups excluding carboxylic acids is 3. The fraction of sp³-hybridized carbons (Fsp3) is 0.222. The van der Waals surface area contributed by atoms with Crippen LogP contribution >= 0.6 is 0 Å². The smallest absolute Gasteiger partial charge is 0.193 e. The third-order valence-corrected chi connectivity index (χ3v) is 7.57. The molecular weight excluding hydrogens is 372 g/mol. The average Bonchev–Trinajstić information content (AvgIpc) is 3.39. The zero-order valence-electron chi connectivity index (χ0n) is 16.8. The normalized spacial score (nSPS) is 25.1. The first kappa shape index (κ1) is 16.5. The first-order chi connectivity index (χ1) is 14.5. The summed E-state index contributed by atoms with van der Waals surface area (Å²) in [4.78, 5) is 40.8. The molecule has 0 heterocycles. The first-order valence-corrected chi connectivity index (χ1v) is 10.5. The number of aryl methyl sites for hydroxylation is 2. The second kappa shape index (κ2) is 5.04. The second-order valence-electron chi connectivity index (χ2n) is 9.01. The molecule has 0 aromatic heterocycles. The summed E-state index contributed by atoms with van der Waals surface area (Å²) in [6.45, 7) is 4.06. The van der Waals surface area contributed by atoms with Crippen molar-refractivity contribution in [1.29, 1.82) is 0 Å². The summed E-state index contributed by atoms with van der Waals surface area (Å²) >= 11 is 0. The van der Waals surface area contributed by atoms with Gasteiger partial charge in [-0.1, -0.05) is 24.3 Å². The average molecular weight is 390 g/mol. The molecule has 0 N–H and O–H groups in total. The van der Waals surface area contributed by atoms with Crippen molar-refractivity contribution in [2.45, 2.75) is 38.5 Å². The monoisotopic (exact) mass is 390 g/mol. The lowest BCUT2D eigenvalue weighted by Crippen LogP contribution is -2.37. The standard InChI is InChI=1S/C27H18O3/c1-11-9-17-20-22(13-5-3-7-15(13)25(17)28)27(30)23-14-6-4-8-16(14)26(29)18-10-12(2)19(11)24(20)21(18)23/h5-10,22-23H,3-4H2,1-2H3. The van der Waals surface area contributed by atoms with E-state index in [1.165, 1.54) is 0 Å². The Kier molecular flexibility index (Phi) is 2.77. The maximum absolute atomic E-state index is 14.1. The zero-order chi connectivity index (χ0) is 20.5. The topological polar surface area (TPSA) is 51.2 Å². The molecular formula is C27H18O3. The summed E-state index contributed by atoms with van der Waals surface area (Å²) in [6.07, 6.45) is 9.38. The van der Waals surface area contributed by atoms with Crippen molar-refractivity contribution in [1.82, 2.24) is 0 Å². The number of hydrogen-bond acceptors (Lipinski definition) is 3. The fourth-order valence-electron chi connectivity index (χ4n) is 6.51. The van der Waals surface area contributed by atoms with Gasteiger partial charge in [-0.3, -0.25) is 14.4 Å². The molecule has 2 atom stereocenters. The van der Waals surface area contributed by atoms with Crippen molar-refractivity contribution in [3.05, 3.63) is 92.1 Å². The van der Waals surface area contributed by atoms with Crippen molar-refractivity contribution in [3.63, 3.8) is 0 Å². The summed E-state index contributed by atoms with van der Waals surface area (Å²) in [5, 5.41) is 2.07. The van der Waals surface area contributed by atoms with Crippen LogP contribution in [-0.4, -0.2) is 17.3 Å². The molecule has 0 amide bonds. The number of fused-ring (bicyclic) bond motifs is 4. The van der Waals surface area contributed by atoms with Gasteiger partial charge in [0.2, 0.25) is 0 Å². The summed E-state index contributed by atoms with van der Waals surface area (Å²) in [5.41, 5.74) is 8.16. The van der Waals surface area contributed by atoms with Crippen LogP contribution < -0.4 is 0 Å². The molecule has 0 saturated carbocycles. The molecule has 144 valence electrons. The lowest BCUT2D eigenvalue weighted by molar-refractivity contribution is -0.120. The lowest BCUT2D eigenvalue weighted by atomic mass is 9.60. The minimum Gasteiger partial charge on any atom is -0.298 e. The maximum Gasteiger partial charge on any atom is 0.193 e. The van der Waals surface area contributed by atoms with Crippen LogP contribution in [0.1, 0.15) is 67.6 Å². The van der Waals surface area contributed by atoms with Crippen LogP contribution in [0.2, 0.25) is 0 Å². The Morgan fingerprint density at radius 1 is 0.667 bits per heavy atom. The van der Waals surface area contributed by atoms with Gasteiger partial charge in [0.05, 0.1) is 11.8 Å². The van der Waals surface area contributed by atoms with Crippen LogP contribution in [0.15, 0.2) is 58.7 Å². The van der Waals surface area contributed by atoms with Crippen LogP contribution in [0.3, 0.4) is 0 Å². The van der Waals surface area contributed by atoms with Gasteiger partial charge in [0.15, 0.2) is 17.3 Å². The summed E-state index contributed by atoms with van der Waals surface area (Å²) in [6, 6.07) is 3.92. The quantitative estimate of drug-likeness (QED) is 0.628. The van der Waals surface area contributed by atoms with E-state index in [2.05, 4.69) is 0 Å². The van der Waals surface area contributed by atoms with Crippen molar-refractivity contribution in [2.24, 2.45) is 0 Å². The highest BCUT2D eigenvalue weighted by Gasteiger charge is 2.51. The molecule has 5 aliphatic rings. The van der Waals surface area contributed by atoms with E-state index in [1.807, 2.05) is 50.3 Å². The van der Waals surface area contributed by atoms with Crippen molar-refractivity contribution >= 4 is 28.1 Å². The molecule has 0 saturated heterocycles. The van der Waals surface area contributed by atoms with Crippen molar-refractivity contribution < 1.29 is 14.4 Å². The van der Waals surface area contributed by atoms with Gasteiger partial charge in [-0.05, 0) is 83.0 Å². The van der Waals surface area contributed by atoms with Crippen molar-refractivity contribution in [2.75, 3.05) is 0 Å². The Morgan fingerprint density at radius 3 is 1.60 bits per heavy atom. The van der Waals surface area contributed by atoms with E-state index in [0.717, 1.165) is 44.2 Å². The minimum atomic E-state index is -0.419. The Morgan fingerprint density at radius 2 is 1.13 bits per heavy atom. The number of allylic oxidation sites excluding steroid dienone is 8. The fourth-order valence-corrected chi connectivity index (χ4v) is 6.51. The van der Waals surface area contributed by atoms with Gasteiger partial charge in [0.1, 0.15) is 0 Å². The molecule has 30 heavy (non-hydrogen) atoms. The highest BCUT2D eigenvalue weighted by molar-refractivity contribution is 6.28. The molecule has 2 aromatic carbocycles. The Balaban J connectivity index is 1.76. The van der Waals surface area contributed by atoms with Crippen LogP contribution in [0.5, 0.6) is 0 Å². The predicted octanol–water partition coefficient (Wildman–Crippen LogP) is 5.11. The van der Waals surface area contributed by atoms with E-state index in [4.69, 9.17) is 0 Å². The van der Waals surface area contributed by atoms with Crippen LogP contribution in [0.25, 0.3) is 10.8 Å². The molecule has 3 heteroatoms.